The third kappa shape index (κ3) is 4.44. The number of hydrogen-bond acceptors (Lipinski definition) is 5. The Morgan fingerprint density at radius 3 is 2.58 bits per heavy atom. The monoisotopic (exact) mass is 265 g/mol. The van der Waals surface area contributed by atoms with Crippen molar-refractivity contribution >= 4 is 17.3 Å². The van der Waals surface area contributed by atoms with E-state index in [9.17, 15) is 4.79 Å². The summed E-state index contributed by atoms with van der Waals surface area (Å²) in [5, 5.41) is 3.28. The highest BCUT2D eigenvalue weighted by molar-refractivity contribution is 5.91. The molecule has 1 rings (SSSR count). The van der Waals surface area contributed by atoms with Crippen LogP contribution in [0.1, 0.15) is 24.2 Å². The summed E-state index contributed by atoms with van der Waals surface area (Å²) in [4.78, 5) is 13.7. The number of nitrogen functional groups attached to an aromatic ring is 1. The standard InChI is InChI=1S/C14H23N3O2/c1-4-17(5-2)9-8-16-13-7-6-11(10-12(13)15)14(18)19-3/h6-7,10,16H,4-5,8-9,15H2,1-3H3. The number of benzene rings is 1. The summed E-state index contributed by atoms with van der Waals surface area (Å²) in [7, 11) is 1.36. The molecule has 0 amide bonds. The molecule has 0 aromatic heterocycles. The largest absolute Gasteiger partial charge is 0.465 e. The van der Waals surface area contributed by atoms with Gasteiger partial charge in [0.25, 0.3) is 0 Å². The first-order valence-electron chi connectivity index (χ1n) is 6.56. The topological polar surface area (TPSA) is 67.6 Å². The number of methoxy groups -OCH3 is 1. The minimum Gasteiger partial charge on any atom is -0.465 e. The lowest BCUT2D eigenvalue weighted by Crippen LogP contribution is -2.28. The van der Waals surface area contributed by atoms with E-state index in [1.807, 2.05) is 6.07 Å². The summed E-state index contributed by atoms with van der Waals surface area (Å²) in [6.45, 7) is 8.14. The van der Waals surface area contributed by atoms with Crippen molar-refractivity contribution in [1.29, 1.82) is 0 Å². The molecular formula is C14H23N3O2. The molecule has 0 radical (unpaired) electrons. The molecule has 1 aromatic carbocycles. The molecule has 0 heterocycles. The Morgan fingerprint density at radius 2 is 2.05 bits per heavy atom. The number of ether oxygens (including phenoxy) is 1. The first kappa shape index (κ1) is 15.3. The summed E-state index contributed by atoms with van der Waals surface area (Å²) >= 11 is 0. The van der Waals surface area contributed by atoms with Crippen LogP contribution in [0.5, 0.6) is 0 Å². The summed E-state index contributed by atoms with van der Waals surface area (Å²) in [5.74, 6) is -0.374. The molecule has 0 atom stereocenters. The average Bonchev–Trinajstić information content (AvgIpc) is 2.44. The van der Waals surface area contributed by atoms with Crippen molar-refractivity contribution in [2.24, 2.45) is 0 Å². The Balaban J connectivity index is 2.58. The molecule has 3 N–H and O–H groups in total. The molecule has 0 aliphatic carbocycles. The minimum absolute atomic E-state index is 0.374. The molecule has 0 aliphatic heterocycles. The smallest absolute Gasteiger partial charge is 0.337 e. The average molecular weight is 265 g/mol. The van der Waals surface area contributed by atoms with E-state index in [2.05, 4.69) is 28.8 Å². The molecule has 19 heavy (non-hydrogen) atoms. The Labute approximate surface area is 114 Å². The highest BCUT2D eigenvalue weighted by Gasteiger charge is 2.08. The van der Waals surface area contributed by atoms with Gasteiger partial charge < -0.3 is 20.7 Å². The van der Waals surface area contributed by atoms with Crippen molar-refractivity contribution in [2.45, 2.75) is 13.8 Å². The zero-order chi connectivity index (χ0) is 14.3. The quantitative estimate of drug-likeness (QED) is 0.581. The minimum atomic E-state index is -0.374. The summed E-state index contributed by atoms with van der Waals surface area (Å²) in [6, 6.07) is 5.15. The van der Waals surface area contributed by atoms with E-state index in [0.29, 0.717) is 11.3 Å². The van der Waals surface area contributed by atoms with Gasteiger partial charge in [0.1, 0.15) is 0 Å². The van der Waals surface area contributed by atoms with Crippen LogP contribution in [0.25, 0.3) is 0 Å². The van der Waals surface area contributed by atoms with E-state index >= 15 is 0 Å². The molecule has 0 fully saturated rings. The van der Waals surface area contributed by atoms with Crippen LogP contribution in [0.2, 0.25) is 0 Å². The van der Waals surface area contributed by atoms with Gasteiger partial charge in [0.2, 0.25) is 0 Å². The van der Waals surface area contributed by atoms with Crippen LogP contribution in [0.15, 0.2) is 18.2 Å². The molecule has 5 nitrogen and oxygen atoms in total. The number of nitrogens with two attached hydrogens (primary N) is 1. The van der Waals surface area contributed by atoms with Gasteiger partial charge in [0.05, 0.1) is 24.0 Å². The van der Waals surface area contributed by atoms with Crippen LogP contribution in [0.3, 0.4) is 0 Å². The third-order valence-electron chi connectivity index (χ3n) is 3.11. The molecule has 0 bridgehead atoms. The van der Waals surface area contributed by atoms with Crippen molar-refractivity contribution in [3.63, 3.8) is 0 Å². The van der Waals surface area contributed by atoms with Crippen LogP contribution in [-0.4, -0.2) is 44.2 Å². The van der Waals surface area contributed by atoms with Gasteiger partial charge in [-0.15, -0.1) is 0 Å². The number of hydrogen-bond donors (Lipinski definition) is 2. The predicted molar refractivity (Wildman–Crippen MR) is 78.5 cm³/mol. The molecule has 0 spiro atoms. The van der Waals surface area contributed by atoms with Gasteiger partial charge in [-0.05, 0) is 31.3 Å². The number of rotatable bonds is 7. The van der Waals surface area contributed by atoms with E-state index < -0.39 is 0 Å². The number of esters is 1. The fourth-order valence-electron chi connectivity index (χ4n) is 1.86. The summed E-state index contributed by atoms with van der Waals surface area (Å²) in [6.07, 6.45) is 0. The second-order valence-electron chi connectivity index (χ2n) is 4.25. The van der Waals surface area contributed by atoms with E-state index in [1.165, 1.54) is 7.11 Å². The highest BCUT2D eigenvalue weighted by Crippen LogP contribution is 2.20. The number of nitrogens with zero attached hydrogens (tertiary/aromatic N) is 1. The number of carbonyl (C=O) groups is 1. The predicted octanol–water partition coefficient (Wildman–Crippen LogP) is 1.81. The Kier molecular flexibility index (Phi) is 6.15. The maximum atomic E-state index is 11.4. The normalized spacial score (nSPS) is 10.5. The van der Waals surface area contributed by atoms with Gasteiger partial charge in [-0.1, -0.05) is 13.8 Å². The van der Waals surface area contributed by atoms with Crippen molar-refractivity contribution < 1.29 is 9.53 Å². The lowest BCUT2D eigenvalue weighted by Gasteiger charge is -2.19. The van der Waals surface area contributed by atoms with Gasteiger partial charge in [-0.25, -0.2) is 4.79 Å². The maximum absolute atomic E-state index is 11.4. The number of likely N-dealkylation sites (N-methyl/N-ethyl adjacent to an activating group) is 1. The molecule has 0 aliphatic rings. The van der Waals surface area contributed by atoms with Gasteiger partial charge >= 0.3 is 5.97 Å². The maximum Gasteiger partial charge on any atom is 0.337 e. The highest BCUT2D eigenvalue weighted by atomic mass is 16.5. The second-order valence-corrected chi connectivity index (χ2v) is 4.25. The first-order valence-corrected chi connectivity index (χ1v) is 6.56. The van der Waals surface area contributed by atoms with Crippen molar-refractivity contribution in [3.8, 4) is 0 Å². The molecule has 0 saturated heterocycles. The molecule has 106 valence electrons. The fraction of sp³-hybridized carbons (Fsp3) is 0.500. The molecular weight excluding hydrogens is 242 g/mol. The lowest BCUT2D eigenvalue weighted by molar-refractivity contribution is 0.0601. The van der Waals surface area contributed by atoms with Crippen molar-refractivity contribution in [2.75, 3.05) is 44.3 Å². The Bertz CT molecular complexity index is 417. The summed E-state index contributed by atoms with van der Waals surface area (Å²) < 4.78 is 4.65. The number of nitrogens with one attached hydrogen (secondary N) is 1. The van der Waals surface area contributed by atoms with Crippen molar-refractivity contribution in [3.05, 3.63) is 23.8 Å². The van der Waals surface area contributed by atoms with Gasteiger partial charge in [-0.2, -0.15) is 0 Å². The lowest BCUT2D eigenvalue weighted by atomic mass is 10.1. The fourth-order valence-corrected chi connectivity index (χ4v) is 1.86. The number of carbonyl (C=O) groups excluding carboxylic acids is 1. The van der Waals surface area contributed by atoms with E-state index in [0.717, 1.165) is 31.9 Å². The Morgan fingerprint density at radius 1 is 1.37 bits per heavy atom. The SMILES string of the molecule is CCN(CC)CCNc1ccc(C(=O)OC)cc1N. The molecule has 0 saturated carbocycles. The van der Waals surface area contributed by atoms with Crippen LogP contribution in [0, 0.1) is 0 Å². The van der Waals surface area contributed by atoms with Gasteiger partial charge in [0.15, 0.2) is 0 Å². The second kappa shape index (κ2) is 7.63. The van der Waals surface area contributed by atoms with E-state index in [1.54, 1.807) is 12.1 Å². The van der Waals surface area contributed by atoms with Crippen LogP contribution in [0.4, 0.5) is 11.4 Å². The number of anilines is 2. The third-order valence-corrected chi connectivity index (χ3v) is 3.11. The van der Waals surface area contributed by atoms with Gasteiger partial charge in [0, 0.05) is 13.1 Å². The Hall–Kier alpha value is -1.75. The van der Waals surface area contributed by atoms with Gasteiger partial charge in [-0.3, -0.25) is 0 Å². The van der Waals surface area contributed by atoms with E-state index in [-0.39, 0.29) is 5.97 Å². The van der Waals surface area contributed by atoms with Crippen molar-refractivity contribution in [1.82, 2.24) is 4.90 Å². The summed E-state index contributed by atoms with van der Waals surface area (Å²) in [5.41, 5.74) is 7.78. The first-order chi connectivity index (χ1) is 9.12. The van der Waals surface area contributed by atoms with Crippen LogP contribution >= 0.6 is 0 Å². The zero-order valence-electron chi connectivity index (χ0n) is 11.9. The van der Waals surface area contributed by atoms with Crippen LogP contribution in [-0.2, 0) is 4.74 Å². The molecule has 0 unspecified atom stereocenters. The zero-order valence-corrected chi connectivity index (χ0v) is 11.9. The van der Waals surface area contributed by atoms with E-state index in [4.69, 9.17) is 5.73 Å². The van der Waals surface area contributed by atoms with Crippen LogP contribution < -0.4 is 11.1 Å². The molecule has 5 heteroatoms. The molecule has 1 aromatic rings.